The van der Waals surface area contributed by atoms with Crippen LogP contribution in [-0.2, 0) is 4.74 Å². The number of ether oxygens (including phenoxy) is 1. The van der Waals surface area contributed by atoms with Gasteiger partial charge in [0.2, 0.25) is 0 Å². The topological polar surface area (TPSA) is 9.23 Å². The van der Waals surface area contributed by atoms with E-state index in [0.29, 0.717) is 6.61 Å². The average Bonchev–Trinajstić information content (AvgIpc) is 2.16. The van der Waals surface area contributed by atoms with Gasteiger partial charge in [-0.15, -0.1) is 5.92 Å². The van der Waals surface area contributed by atoms with E-state index in [4.69, 9.17) is 4.74 Å². The average molecular weight is 180 g/mol. The first-order chi connectivity index (χ1) is 6.41. The maximum absolute atomic E-state index is 4.94. The minimum atomic E-state index is 0.672. The third-order valence-corrected chi connectivity index (χ3v) is 1.74. The Morgan fingerprint density at radius 3 is 2.62 bits per heavy atom. The second-order valence-electron chi connectivity index (χ2n) is 2.95. The molecule has 0 heterocycles. The molecule has 0 saturated heterocycles. The van der Waals surface area contributed by atoms with Gasteiger partial charge >= 0.3 is 0 Å². The predicted octanol–water partition coefficient (Wildman–Crippen LogP) is 3.51. The highest BCUT2D eigenvalue weighted by Crippen LogP contribution is 2.00. The van der Waals surface area contributed by atoms with Crippen molar-refractivity contribution in [1.29, 1.82) is 0 Å². The van der Waals surface area contributed by atoms with Gasteiger partial charge in [0.1, 0.15) is 0 Å². The van der Waals surface area contributed by atoms with Crippen LogP contribution in [0.5, 0.6) is 0 Å². The van der Waals surface area contributed by atoms with Crippen LogP contribution >= 0.6 is 0 Å². The van der Waals surface area contributed by atoms with Crippen molar-refractivity contribution in [3.05, 3.63) is 12.8 Å². The summed E-state index contributed by atoms with van der Waals surface area (Å²) in [6, 6.07) is 0. The van der Waals surface area contributed by atoms with Gasteiger partial charge in [-0.1, -0.05) is 38.7 Å². The van der Waals surface area contributed by atoms with E-state index in [1.807, 2.05) is 0 Å². The van der Waals surface area contributed by atoms with E-state index in [9.17, 15) is 0 Å². The van der Waals surface area contributed by atoms with Crippen molar-refractivity contribution >= 4 is 0 Å². The molecule has 74 valence electrons. The highest BCUT2D eigenvalue weighted by atomic mass is 16.5. The summed E-state index contributed by atoms with van der Waals surface area (Å²) >= 11 is 0. The highest BCUT2D eigenvalue weighted by molar-refractivity contribution is 4.98. The summed E-state index contributed by atoms with van der Waals surface area (Å²) in [5.74, 6) is 6.21. The fraction of sp³-hybridized carbons (Fsp3) is 0.667. The molecule has 0 amide bonds. The Hall–Kier alpha value is -0.900. The van der Waals surface area contributed by atoms with E-state index in [1.54, 1.807) is 0 Å². The van der Waals surface area contributed by atoms with Gasteiger partial charge in [0.05, 0.1) is 12.9 Å². The molecule has 1 nitrogen and oxygen atoms in total. The summed E-state index contributed by atoms with van der Waals surface area (Å²) in [7, 11) is 0. The highest BCUT2D eigenvalue weighted by Gasteiger charge is 1.83. The van der Waals surface area contributed by atoms with Crippen LogP contribution in [0.3, 0.4) is 0 Å². The predicted molar refractivity (Wildman–Crippen MR) is 57.3 cm³/mol. The van der Waals surface area contributed by atoms with Crippen molar-refractivity contribution < 1.29 is 4.74 Å². The van der Waals surface area contributed by atoms with Crippen molar-refractivity contribution in [3.63, 3.8) is 0 Å². The molecule has 0 saturated carbocycles. The zero-order chi connectivity index (χ0) is 9.78. The van der Waals surface area contributed by atoms with Gasteiger partial charge in [-0.2, -0.15) is 0 Å². The standard InChI is InChI=1S/C12H20O/c1-3-5-6-7-8-9-10-11-12-13-4-2/h4H,2-3,5-8,11-12H2,1H3. The van der Waals surface area contributed by atoms with Gasteiger partial charge in [0.25, 0.3) is 0 Å². The molecule has 0 unspecified atom stereocenters. The van der Waals surface area contributed by atoms with Crippen LogP contribution in [-0.4, -0.2) is 6.61 Å². The van der Waals surface area contributed by atoms with Crippen LogP contribution in [0.1, 0.15) is 45.4 Å². The Bertz CT molecular complexity index is 162. The van der Waals surface area contributed by atoms with Crippen molar-refractivity contribution in [2.24, 2.45) is 0 Å². The number of rotatable bonds is 7. The normalized spacial score (nSPS) is 8.69. The van der Waals surface area contributed by atoms with Gasteiger partial charge in [-0.3, -0.25) is 0 Å². The maximum atomic E-state index is 4.94. The van der Waals surface area contributed by atoms with E-state index in [1.165, 1.54) is 31.9 Å². The van der Waals surface area contributed by atoms with Crippen molar-refractivity contribution in [2.75, 3.05) is 6.61 Å². The van der Waals surface area contributed by atoms with Gasteiger partial charge in [0.15, 0.2) is 0 Å². The molecule has 0 aliphatic rings. The Morgan fingerprint density at radius 2 is 1.92 bits per heavy atom. The minimum Gasteiger partial charge on any atom is -0.501 e. The molecule has 0 atom stereocenters. The Morgan fingerprint density at radius 1 is 1.15 bits per heavy atom. The zero-order valence-electron chi connectivity index (χ0n) is 8.64. The Kier molecular flexibility index (Phi) is 10.3. The number of hydrogen-bond acceptors (Lipinski definition) is 1. The van der Waals surface area contributed by atoms with E-state index < -0.39 is 0 Å². The molecule has 0 bridgehead atoms. The largest absolute Gasteiger partial charge is 0.501 e. The summed E-state index contributed by atoms with van der Waals surface area (Å²) in [6.07, 6.45) is 8.50. The molecule has 1 heteroatoms. The lowest BCUT2D eigenvalue weighted by atomic mass is 10.1. The third kappa shape index (κ3) is 11.1. The molecule has 0 aromatic rings. The van der Waals surface area contributed by atoms with Crippen LogP contribution in [0.4, 0.5) is 0 Å². The molecule has 0 aliphatic heterocycles. The van der Waals surface area contributed by atoms with Crippen molar-refractivity contribution in [2.45, 2.75) is 45.4 Å². The second kappa shape index (κ2) is 11.1. The summed E-state index contributed by atoms with van der Waals surface area (Å²) in [5.41, 5.74) is 0. The quantitative estimate of drug-likeness (QED) is 0.331. The Balaban J connectivity index is 3.06. The van der Waals surface area contributed by atoms with Crippen LogP contribution in [0.25, 0.3) is 0 Å². The molecule has 0 fully saturated rings. The molecule has 0 spiro atoms. The third-order valence-electron chi connectivity index (χ3n) is 1.74. The first-order valence-electron chi connectivity index (χ1n) is 5.10. The molecule has 0 aromatic carbocycles. The van der Waals surface area contributed by atoms with E-state index in [0.717, 1.165) is 12.8 Å². The second-order valence-corrected chi connectivity index (χ2v) is 2.95. The molecular weight excluding hydrogens is 160 g/mol. The summed E-state index contributed by atoms with van der Waals surface area (Å²) in [6.45, 7) is 6.35. The van der Waals surface area contributed by atoms with Gasteiger partial charge < -0.3 is 4.74 Å². The van der Waals surface area contributed by atoms with Crippen LogP contribution in [0.2, 0.25) is 0 Å². The molecule has 0 radical (unpaired) electrons. The van der Waals surface area contributed by atoms with Gasteiger partial charge in [0, 0.05) is 12.8 Å². The number of hydrogen-bond donors (Lipinski definition) is 0. The first kappa shape index (κ1) is 12.1. The fourth-order valence-corrected chi connectivity index (χ4v) is 1.01. The fourth-order valence-electron chi connectivity index (χ4n) is 1.01. The smallest absolute Gasteiger partial charge is 0.0982 e. The lowest BCUT2D eigenvalue weighted by molar-refractivity contribution is 0.259. The lowest BCUT2D eigenvalue weighted by Gasteiger charge is -1.93. The molecule has 13 heavy (non-hydrogen) atoms. The summed E-state index contributed by atoms with van der Waals surface area (Å²) in [4.78, 5) is 0. The summed E-state index contributed by atoms with van der Waals surface area (Å²) < 4.78 is 4.94. The maximum Gasteiger partial charge on any atom is 0.0982 e. The molecule has 0 aromatic heterocycles. The lowest BCUT2D eigenvalue weighted by Crippen LogP contribution is -1.83. The van der Waals surface area contributed by atoms with E-state index >= 15 is 0 Å². The SMILES string of the molecule is C=COCCC#CCCCCCC. The molecular formula is C12H20O. The van der Waals surface area contributed by atoms with Crippen LogP contribution in [0.15, 0.2) is 12.8 Å². The van der Waals surface area contributed by atoms with Crippen molar-refractivity contribution in [1.82, 2.24) is 0 Å². The zero-order valence-corrected chi connectivity index (χ0v) is 8.64. The van der Waals surface area contributed by atoms with Crippen LogP contribution < -0.4 is 0 Å². The van der Waals surface area contributed by atoms with Crippen LogP contribution in [0, 0.1) is 11.8 Å². The monoisotopic (exact) mass is 180 g/mol. The molecule has 0 N–H and O–H groups in total. The minimum absolute atomic E-state index is 0.672. The van der Waals surface area contributed by atoms with Gasteiger partial charge in [-0.05, 0) is 6.42 Å². The summed E-state index contributed by atoms with van der Waals surface area (Å²) in [5, 5.41) is 0. The molecule has 0 aliphatic carbocycles. The Labute approximate surface area is 82.2 Å². The number of unbranched alkanes of at least 4 members (excludes halogenated alkanes) is 4. The molecule has 0 rings (SSSR count). The van der Waals surface area contributed by atoms with E-state index in [-0.39, 0.29) is 0 Å². The van der Waals surface area contributed by atoms with Gasteiger partial charge in [-0.25, -0.2) is 0 Å². The van der Waals surface area contributed by atoms with Crippen molar-refractivity contribution in [3.8, 4) is 11.8 Å². The van der Waals surface area contributed by atoms with E-state index in [2.05, 4.69) is 25.3 Å². The first-order valence-corrected chi connectivity index (χ1v) is 5.10.